The average molecular weight is 439 g/mol. The summed E-state index contributed by atoms with van der Waals surface area (Å²) in [6.07, 6.45) is 3.36. The number of ketones is 1. The van der Waals surface area contributed by atoms with Crippen LogP contribution in [0.2, 0.25) is 0 Å². The van der Waals surface area contributed by atoms with E-state index in [-0.39, 0.29) is 29.6 Å². The zero-order valence-corrected chi connectivity index (χ0v) is 19.6. The van der Waals surface area contributed by atoms with E-state index < -0.39 is 29.2 Å². The Bertz CT molecular complexity index is 981. The third kappa shape index (κ3) is 3.19. The first-order valence-corrected chi connectivity index (χ1v) is 11.9. The van der Waals surface area contributed by atoms with Crippen molar-refractivity contribution in [3.63, 3.8) is 0 Å². The Hall–Kier alpha value is -1.98. The molecule has 2 saturated carbocycles. The zero-order chi connectivity index (χ0) is 23.1. The smallest absolute Gasteiger partial charge is 0.338 e. The van der Waals surface area contributed by atoms with Crippen molar-refractivity contribution in [2.75, 3.05) is 0 Å². The van der Waals surface area contributed by atoms with Crippen LogP contribution in [0.4, 0.5) is 0 Å². The quantitative estimate of drug-likeness (QED) is 0.549. The van der Waals surface area contributed by atoms with Gasteiger partial charge < -0.3 is 14.6 Å². The predicted molar refractivity (Wildman–Crippen MR) is 120 cm³/mol. The standard InChI is InChI=1S/C27H34O5/c1-15-13-19-18(25(19,3)4)11-12-26(5)23(32-26)20-21(16(2)14-27(20,30)22(15)28)31-24(29)17-9-7-6-8-10-17/h6-10,13,16,18-21,23,30H,11-12,14H2,1-5H3/b15-13+/t16-,18-,19+,20+,21-,23-,26-,27+/m0/s1. The van der Waals surface area contributed by atoms with Gasteiger partial charge in [0.1, 0.15) is 11.7 Å². The molecule has 5 heteroatoms. The first kappa shape index (κ1) is 21.8. The molecular weight excluding hydrogens is 404 g/mol. The van der Waals surface area contributed by atoms with Crippen LogP contribution in [-0.4, -0.2) is 40.3 Å². The molecule has 1 aromatic rings. The summed E-state index contributed by atoms with van der Waals surface area (Å²) >= 11 is 0. The van der Waals surface area contributed by atoms with Crippen molar-refractivity contribution in [1.82, 2.24) is 0 Å². The topological polar surface area (TPSA) is 76.1 Å². The Kier molecular flexibility index (Phi) is 4.78. The number of carbonyl (C=O) groups is 2. The van der Waals surface area contributed by atoms with Crippen molar-refractivity contribution in [2.45, 2.75) is 77.3 Å². The Morgan fingerprint density at radius 2 is 1.88 bits per heavy atom. The van der Waals surface area contributed by atoms with Crippen LogP contribution in [0.15, 0.2) is 42.0 Å². The molecule has 1 heterocycles. The van der Waals surface area contributed by atoms with Crippen molar-refractivity contribution in [1.29, 1.82) is 0 Å². The minimum absolute atomic E-state index is 0.157. The van der Waals surface area contributed by atoms with Crippen molar-refractivity contribution < 1.29 is 24.2 Å². The number of esters is 1. The first-order chi connectivity index (χ1) is 15.0. The third-order valence-corrected chi connectivity index (χ3v) is 8.89. The molecule has 32 heavy (non-hydrogen) atoms. The highest BCUT2D eigenvalue weighted by Gasteiger charge is 2.70. The summed E-state index contributed by atoms with van der Waals surface area (Å²) in [6.45, 7) is 10.4. The van der Waals surface area contributed by atoms with Gasteiger partial charge in [0.15, 0.2) is 5.78 Å². The number of Topliss-reactive ketones (excluding diaryl/α,β-unsaturated/α-hetero) is 1. The van der Waals surface area contributed by atoms with Crippen LogP contribution in [0.3, 0.4) is 0 Å². The lowest BCUT2D eigenvalue weighted by Crippen LogP contribution is -2.49. The van der Waals surface area contributed by atoms with Gasteiger partial charge >= 0.3 is 5.97 Å². The minimum Gasteiger partial charge on any atom is -0.458 e. The third-order valence-electron chi connectivity index (χ3n) is 8.89. The van der Waals surface area contributed by atoms with Gasteiger partial charge in [-0.05, 0) is 74.0 Å². The van der Waals surface area contributed by atoms with Gasteiger partial charge in [0.05, 0.1) is 23.2 Å². The van der Waals surface area contributed by atoms with E-state index in [2.05, 4.69) is 26.8 Å². The number of ether oxygens (including phenoxy) is 2. The normalized spacial score (nSPS) is 45.9. The lowest BCUT2D eigenvalue weighted by Gasteiger charge is -2.31. The van der Waals surface area contributed by atoms with Gasteiger partial charge in [-0.3, -0.25) is 4.79 Å². The minimum atomic E-state index is -1.59. The average Bonchev–Trinajstić information content (AvgIpc) is 3.52. The highest BCUT2D eigenvalue weighted by atomic mass is 16.6. The second-order valence-electron chi connectivity index (χ2n) is 11.4. The maximum Gasteiger partial charge on any atom is 0.338 e. The number of epoxide rings is 1. The molecule has 1 N–H and O–H groups in total. The van der Waals surface area contributed by atoms with E-state index >= 15 is 0 Å². The Morgan fingerprint density at radius 3 is 2.56 bits per heavy atom. The monoisotopic (exact) mass is 438 g/mol. The van der Waals surface area contributed by atoms with Crippen LogP contribution in [0, 0.1) is 29.1 Å². The number of carbonyl (C=O) groups excluding carboxylic acids is 2. The molecule has 1 saturated heterocycles. The molecule has 0 radical (unpaired) electrons. The van der Waals surface area contributed by atoms with E-state index in [1.165, 1.54) is 0 Å². The largest absolute Gasteiger partial charge is 0.458 e. The van der Waals surface area contributed by atoms with Crippen LogP contribution in [-0.2, 0) is 14.3 Å². The Balaban J connectivity index is 1.50. The van der Waals surface area contributed by atoms with Crippen LogP contribution in [0.1, 0.15) is 64.2 Å². The predicted octanol–water partition coefficient (Wildman–Crippen LogP) is 4.34. The van der Waals surface area contributed by atoms with Gasteiger partial charge in [-0.15, -0.1) is 0 Å². The summed E-state index contributed by atoms with van der Waals surface area (Å²) in [5.74, 6) is -0.535. The molecule has 0 spiro atoms. The lowest BCUT2D eigenvalue weighted by atomic mass is 9.77. The molecule has 5 nitrogen and oxygen atoms in total. The molecular formula is C27H34O5. The number of hydrogen-bond donors (Lipinski definition) is 1. The second-order valence-corrected chi connectivity index (χ2v) is 11.4. The van der Waals surface area contributed by atoms with Gasteiger partial charge in [0, 0.05) is 0 Å². The number of aliphatic hydroxyl groups is 1. The fourth-order valence-corrected chi connectivity index (χ4v) is 6.70. The molecule has 1 aliphatic heterocycles. The second kappa shape index (κ2) is 7.01. The zero-order valence-electron chi connectivity index (χ0n) is 19.6. The van der Waals surface area contributed by atoms with Gasteiger partial charge in [-0.2, -0.15) is 0 Å². The number of fused-ring (bicyclic) bond motifs is 4. The maximum absolute atomic E-state index is 13.7. The molecule has 1 aromatic carbocycles. The maximum atomic E-state index is 13.7. The van der Waals surface area contributed by atoms with Gasteiger partial charge in [-0.1, -0.05) is 45.0 Å². The number of benzene rings is 1. The van der Waals surface area contributed by atoms with E-state index in [0.717, 1.165) is 12.8 Å². The molecule has 3 fully saturated rings. The fourth-order valence-electron chi connectivity index (χ4n) is 6.70. The van der Waals surface area contributed by atoms with Crippen molar-refractivity contribution >= 4 is 11.8 Å². The summed E-state index contributed by atoms with van der Waals surface area (Å²) in [7, 11) is 0. The van der Waals surface area contributed by atoms with E-state index in [0.29, 0.717) is 23.0 Å². The number of allylic oxidation sites excluding steroid dienone is 1. The molecule has 8 atom stereocenters. The summed E-state index contributed by atoms with van der Waals surface area (Å²) in [5, 5.41) is 11.9. The SMILES string of the molecule is C/C1=C\[C@@H]2[C@H](CC[C@]3(C)O[C@H]3[C@H]3[C@@H](OC(=O)c4ccccc4)[C@@H](C)C[C@]3(O)C1=O)C2(C)C. The number of rotatable bonds is 2. The van der Waals surface area contributed by atoms with Gasteiger partial charge in [0.2, 0.25) is 0 Å². The van der Waals surface area contributed by atoms with E-state index in [9.17, 15) is 14.7 Å². The molecule has 0 aromatic heterocycles. The molecule has 3 aliphatic carbocycles. The van der Waals surface area contributed by atoms with Crippen LogP contribution in [0.25, 0.3) is 0 Å². The molecule has 172 valence electrons. The lowest BCUT2D eigenvalue weighted by molar-refractivity contribution is -0.140. The summed E-state index contributed by atoms with van der Waals surface area (Å²) in [5.41, 5.74) is -0.745. The van der Waals surface area contributed by atoms with Crippen LogP contribution < -0.4 is 0 Å². The van der Waals surface area contributed by atoms with Gasteiger partial charge in [-0.25, -0.2) is 4.79 Å². The van der Waals surface area contributed by atoms with E-state index in [1.807, 2.05) is 19.9 Å². The molecule has 4 aliphatic rings. The van der Waals surface area contributed by atoms with Crippen LogP contribution in [0.5, 0.6) is 0 Å². The van der Waals surface area contributed by atoms with Crippen molar-refractivity contribution in [2.24, 2.45) is 29.1 Å². The summed E-state index contributed by atoms with van der Waals surface area (Å²) in [4.78, 5) is 26.5. The number of hydrogen-bond acceptors (Lipinski definition) is 5. The van der Waals surface area contributed by atoms with E-state index in [4.69, 9.17) is 9.47 Å². The molecule has 0 amide bonds. The molecule has 5 rings (SSSR count). The van der Waals surface area contributed by atoms with E-state index in [1.54, 1.807) is 24.3 Å². The summed E-state index contributed by atoms with van der Waals surface area (Å²) in [6, 6.07) is 8.87. The molecule has 0 bridgehead atoms. The van der Waals surface area contributed by atoms with Crippen molar-refractivity contribution in [3.8, 4) is 0 Å². The van der Waals surface area contributed by atoms with Gasteiger partial charge in [0.25, 0.3) is 0 Å². The highest BCUT2D eigenvalue weighted by Crippen LogP contribution is 2.64. The fraction of sp³-hybridized carbons (Fsp3) is 0.630. The van der Waals surface area contributed by atoms with Crippen molar-refractivity contribution in [3.05, 3.63) is 47.5 Å². The Morgan fingerprint density at radius 1 is 1.19 bits per heavy atom. The Labute approximate surface area is 190 Å². The highest BCUT2D eigenvalue weighted by molar-refractivity contribution is 6.02. The molecule has 0 unspecified atom stereocenters. The summed E-state index contributed by atoms with van der Waals surface area (Å²) < 4.78 is 12.2. The van der Waals surface area contributed by atoms with Crippen LogP contribution >= 0.6 is 0 Å². The first-order valence-electron chi connectivity index (χ1n) is 11.9.